The summed E-state index contributed by atoms with van der Waals surface area (Å²) in [7, 11) is 1.56. The Morgan fingerprint density at radius 2 is 1.95 bits per heavy atom. The van der Waals surface area contributed by atoms with E-state index in [1.807, 2.05) is 30.3 Å². The first-order valence-corrected chi connectivity index (χ1v) is 6.40. The third-order valence-corrected chi connectivity index (χ3v) is 2.83. The molecule has 2 amide bonds. The monoisotopic (exact) mass is 279 g/mol. The van der Waals surface area contributed by atoms with Crippen LogP contribution in [0.25, 0.3) is 0 Å². The minimum Gasteiger partial charge on any atom is -0.383 e. The van der Waals surface area contributed by atoms with E-state index in [9.17, 15) is 9.59 Å². The third kappa shape index (κ3) is 5.38. The van der Waals surface area contributed by atoms with E-state index >= 15 is 0 Å². The first-order valence-electron chi connectivity index (χ1n) is 6.40. The maximum absolute atomic E-state index is 12.2. The van der Waals surface area contributed by atoms with Crippen LogP contribution >= 0.6 is 0 Å². The molecule has 0 spiro atoms. The quantitative estimate of drug-likeness (QED) is 0.692. The van der Waals surface area contributed by atoms with E-state index in [0.29, 0.717) is 19.7 Å². The fraction of sp³-hybridized carbons (Fsp3) is 0.429. The van der Waals surface area contributed by atoms with Gasteiger partial charge in [-0.15, -0.1) is 0 Å². The molecule has 1 unspecified atom stereocenters. The van der Waals surface area contributed by atoms with Gasteiger partial charge in [-0.3, -0.25) is 9.59 Å². The van der Waals surface area contributed by atoms with Crippen molar-refractivity contribution in [3.05, 3.63) is 35.9 Å². The Morgan fingerprint density at radius 1 is 1.30 bits per heavy atom. The number of hydrogen-bond acceptors (Lipinski definition) is 4. The predicted octanol–water partition coefficient (Wildman–Crippen LogP) is -0.136. The first-order chi connectivity index (χ1) is 9.54. The molecule has 1 atom stereocenters. The number of carbonyl (C=O) groups excluding carboxylic acids is 2. The van der Waals surface area contributed by atoms with E-state index in [-0.39, 0.29) is 12.3 Å². The summed E-state index contributed by atoms with van der Waals surface area (Å²) in [6.45, 7) is 1.24. The van der Waals surface area contributed by atoms with Gasteiger partial charge in [0.1, 0.15) is 0 Å². The highest BCUT2D eigenvalue weighted by molar-refractivity contribution is 5.87. The minimum atomic E-state index is -0.909. The van der Waals surface area contributed by atoms with Crippen LogP contribution in [0.4, 0.5) is 0 Å². The molecule has 0 saturated heterocycles. The number of carbonyl (C=O) groups is 2. The summed E-state index contributed by atoms with van der Waals surface area (Å²) in [4.78, 5) is 24.7. The van der Waals surface area contributed by atoms with E-state index in [0.717, 1.165) is 5.56 Å². The summed E-state index contributed by atoms with van der Waals surface area (Å²) >= 11 is 0. The SMILES string of the molecule is COCCN(Cc1ccccc1)C(=O)C(N)CC(N)=O. The molecule has 0 fully saturated rings. The lowest BCUT2D eigenvalue weighted by Gasteiger charge is -2.25. The van der Waals surface area contributed by atoms with E-state index < -0.39 is 11.9 Å². The Kier molecular flexibility index (Phi) is 6.69. The van der Waals surface area contributed by atoms with Gasteiger partial charge in [-0.05, 0) is 5.56 Å². The Labute approximate surface area is 118 Å². The van der Waals surface area contributed by atoms with Gasteiger partial charge < -0.3 is 21.1 Å². The van der Waals surface area contributed by atoms with Crippen LogP contribution in [0.1, 0.15) is 12.0 Å². The second-order valence-electron chi connectivity index (χ2n) is 4.52. The first kappa shape index (κ1) is 16.1. The summed E-state index contributed by atoms with van der Waals surface area (Å²) in [5.41, 5.74) is 11.8. The van der Waals surface area contributed by atoms with Gasteiger partial charge >= 0.3 is 0 Å². The summed E-state index contributed by atoms with van der Waals surface area (Å²) < 4.78 is 4.99. The highest BCUT2D eigenvalue weighted by Gasteiger charge is 2.22. The molecule has 110 valence electrons. The van der Waals surface area contributed by atoms with Crippen LogP contribution in [-0.2, 0) is 20.9 Å². The highest BCUT2D eigenvalue weighted by atomic mass is 16.5. The molecular weight excluding hydrogens is 258 g/mol. The lowest BCUT2D eigenvalue weighted by Crippen LogP contribution is -2.46. The summed E-state index contributed by atoms with van der Waals surface area (Å²) in [6.07, 6.45) is -0.156. The second-order valence-corrected chi connectivity index (χ2v) is 4.52. The molecule has 1 rings (SSSR count). The van der Waals surface area contributed by atoms with Crippen LogP contribution in [0.15, 0.2) is 30.3 Å². The Bertz CT molecular complexity index is 437. The zero-order chi connectivity index (χ0) is 15.0. The van der Waals surface area contributed by atoms with Crippen LogP contribution in [0, 0.1) is 0 Å². The average molecular weight is 279 g/mol. The van der Waals surface area contributed by atoms with Crippen LogP contribution in [0.5, 0.6) is 0 Å². The number of methoxy groups -OCH3 is 1. The number of amides is 2. The third-order valence-electron chi connectivity index (χ3n) is 2.83. The Morgan fingerprint density at radius 3 is 2.50 bits per heavy atom. The molecule has 0 aromatic heterocycles. The van der Waals surface area contributed by atoms with E-state index in [1.54, 1.807) is 12.0 Å². The van der Waals surface area contributed by atoms with Crippen molar-refractivity contribution in [1.29, 1.82) is 0 Å². The van der Waals surface area contributed by atoms with Crippen molar-refractivity contribution in [2.24, 2.45) is 11.5 Å². The number of nitrogens with two attached hydrogens (primary N) is 2. The second kappa shape index (κ2) is 8.29. The van der Waals surface area contributed by atoms with Crippen molar-refractivity contribution in [3.63, 3.8) is 0 Å². The largest absolute Gasteiger partial charge is 0.383 e. The summed E-state index contributed by atoms with van der Waals surface area (Å²) in [6, 6.07) is 8.64. The molecule has 0 radical (unpaired) electrons. The molecule has 0 saturated carbocycles. The van der Waals surface area contributed by atoms with Gasteiger partial charge in [-0.25, -0.2) is 0 Å². The lowest BCUT2D eigenvalue weighted by molar-refractivity contribution is -0.135. The summed E-state index contributed by atoms with van der Waals surface area (Å²) in [5, 5.41) is 0. The van der Waals surface area contributed by atoms with E-state index in [4.69, 9.17) is 16.2 Å². The van der Waals surface area contributed by atoms with Crippen molar-refractivity contribution in [3.8, 4) is 0 Å². The van der Waals surface area contributed by atoms with Crippen molar-refractivity contribution in [1.82, 2.24) is 4.90 Å². The normalized spacial score (nSPS) is 11.9. The number of ether oxygens (including phenoxy) is 1. The molecule has 0 bridgehead atoms. The number of hydrogen-bond donors (Lipinski definition) is 2. The molecule has 0 aliphatic rings. The Hall–Kier alpha value is -1.92. The maximum atomic E-state index is 12.2. The number of rotatable bonds is 8. The van der Waals surface area contributed by atoms with Gasteiger partial charge in [0.2, 0.25) is 11.8 Å². The molecule has 1 aromatic rings. The Balaban J connectivity index is 2.72. The molecule has 20 heavy (non-hydrogen) atoms. The van der Waals surface area contributed by atoms with Gasteiger partial charge in [0.15, 0.2) is 0 Å². The van der Waals surface area contributed by atoms with Crippen LogP contribution in [-0.4, -0.2) is 43.0 Å². The molecule has 0 heterocycles. The van der Waals surface area contributed by atoms with Crippen molar-refractivity contribution < 1.29 is 14.3 Å². The minimum absolute atomic E-state index is 0.156. The van der Waals surface area contributed by atoms with Gasteiger partial charge in [0.25, 0.3) is 0 Å². The maximum Gasteiger partial charge on any atom is 0.240 e. The molecule has 6 heteroatoms. The van der Waals surface area contributed by atoms with E-state index in [1.165, 1.54) is 0 Å². The van der Waals surface area contributed by atoms with Gasteiger partial charge in [-0.2, -0.15) is 0 Å². The van der Waals surface area contributed by atoms with Crippen LogP contribution in [0.3, 0.4) is 0 Å². The van der Waals surface area contributed by atoms with E-state index in [2.05, 4.69) is 0 Å². The van der Waals surface area contributed by atoms with Gasteiger partial charge in [0.05, 0.1) is 19.1 Å². The molecular formula is C14H21N3O3. The number of nitrogens with zero attached hydrogens (tertiary/aromatic N) is 1. The molecule has 6 nitrogen and oxygen atoms in total. The average Bonchev–Trinajstić information content (AvgIpc) is 2.43. The zero-order valence-corrected chi connectivity index (χ0v) is 11.6. The number of benzene rings is 1. The topological polar surface area (TPSA) is 98.7 Å². The summed E-state index contributed by atoms with van der Waals surface area (Å²) in [5.74, 6) is -0.887. The standard InChI is InChI=1S/C14H21N3O3/c1-20-8-7-17(10-11-5-3-2-4-6-11)14(19)12(15)9-13(16)18/h2-6,12H,7-10,15H2,1H3,(H2,16,18). The number of primary amides is 1. The van der Waals surface area contributed by atoms with Gasteiger partial charge in [0, 0.05) is 20.2 Å². The molecule has 1 aromatic carbocycles. The van der Waals surface area contributed by atoms with Crippen LogP contribution < -0.4 is 11.5 Å². The smallest absolute Gasteiger partial charge is 0.240 e. The molecule has 0 aliphatic carbocycles. The predicted molar refractivity (Wildman–Crippen MR) is 75.5 cm³/mol. The zero-order valence-electron chi connectivity index (χ0n) is 11.6. The van der Waals surface area contributed by atoms with Crippen molar-refractivity contribution in [2.45, 2.75) is 19.0 Å². The fourth-order valence-corrected chi connectivity index (χ4v) is 1.81. The van der Waals surface area contributed by atoms with Crippen molar-refractivity contribution in [2.75, 3.05) is 20.3 Å². The van der Waals surface area contributed by atoms with Gasteiger partial charge in [-0.1, -0.05) is 30.3 Å². The van der Waals surface area contributed by atoms with Crippen molar-refractivity contribution >= 4 is 11.8 Å². The fourth-order valence-electron chi connectivity index (χ4n) is 1.81. The molecule has 0 aliphatic heterocycles. The van der Waals surface area contributed by atoms with Crippen LogP contribution in [0.2, 0.25) is 0 Å². The lowest BCUT2D eigenvalue weighted by atomic mass is 10.1. The highest BCUT2D eigenvalue weighted by Crippen LogP contribution is 2.07. The molecule has 4 N–H and O–H groups in total.